The fraction of sp³-hybridized carbons (Fsp3) is 0.538. The highest BCUT2D eigenvalue weighted by Crippen LogP contribution is 2.44. The molecule has 2 N–H and O–H groups in total. The van der Waals surface area contributed by atoms with Crippen LogP contribution in [0.25, 0.3) is 0 Å². The van der Waals surface area contributed by atoms with Gasteiger partial charge in [-0.3, -0.25) is 0 Å². The maximum absolute atomic E-state index is 6.41. The molecule has 1 aromatic rings. The summed E-state index contributed by atoms with van der Waals surface area (Å²) in [6.45, 7) is 6.54. The smallest absolute Gasteiger partial charge is 0.0435 e. The van der Waals surface area contributed by atoms with Crippen LogP contribution in [0.2, 0.25) is 0 Å². The van der Waals surface area contributed by atoms with Crippen LogP contribution in [0.1, 0.15) is 36.5 Å². The summed E-state index contributed by atoms with van der Waals surface area (Å²) in [5.74, 6) is 0.628. The zero-order valence-electron chi connectivity index (χ0n) is 9.30. The molecule has 1 aromatic carbocycles. The summed E-state index contributed by atoms with van der Waals surface area (Å²) in [6, 6.07) is 6.68. The highest BCUT2D eigenvalue weighted by molar-refractivity contribution is 5.35. The number of benzene rings is 1. The van der Waals surface area contributed by atoms with Gasteiger partial charge in [0, 0.05) is 5.54 Å². The van der Waals surface area contributed by atoms with E-state index >= 15 is 0 Å². The van der Waals surface area contributed by atoms with E-state index < -0.39 is 0 Å². The van der Waals surface area contributed by atoms with Gasteiger partial charge in [0.05, 0.1) is 0 Å². The maximum Gasteiger partial charge on any atom is 0.0435 e. The molecule has 2 atom stereocenters. The molecule has 0 radical (unpaired) electrons. The van der Waals surface area contributed by atoms with Crippen LogP contribution in [0.5, 0.6) is 0 Å². The number of hydrogen-bond donors (Lipinski definition) is 1. The third kappa shape index (κ3) is 1.36. The van der Waals surface area contributed by atoms with Crippen LogP contribution in [0.15, 0.2) is 18.2 Å². The maximum atomic E-state index is 6.41. The number of aryl methyl sites for hydroxylation is 2. The van der Waals surface area contributed by atoms with Crippen LogP contribution in [-0.4, -0.2) is 0 Å². The molecule has 2 unspecified atom stereocenters. The van der Waals surface area contributed by atoms with Crippen molar-refractivity contribution in [3.05, 3.63) is 34.9 Å². The van der Waals surface area contributed by atoms with Gasteiger partial charge in [-0.15, -0.1) is 0 Å². The Bertz CT molecular complexity index is 336. The Labute approximate surface area is 86.3 Å². The van der Waals surface area contributed by atoms with Gasteiger partial charge >= 0.3 is 0 Å². The van der Waals surface area contributed by atoms with Gasteiger partial charge in [-0.2, -0.15) is 0 Å². The van der Waals surface area contributed by atoms with Crippen molar-refractivity contribution in [2.45, 2.75) is 39.2 Å². The van der Waals surface area contributed by atoms with E-state index in [4.69, 9.17) is 5.73 Å². The number of nitrogens with two attached hydrogens (primary N) is 1. The lowest BCUT2D eigenvalue weighted by atomic mass is 9.64. The third-order valence-electron chi connectivity index (χ3n) is 3.63. The minimum Gasteiger partial charge on any atom is -0.321 e. The first-order valence-electron chi connectivity index (χ1n) is 5.40. The van der Waals surface area contributed by atoms with E-state index in [-0.39, 0.29) is 5.54 Å². The molecule has 1 saturated carbocycles. The van der Waals surface area contributed by atoms with Crippen LogP contribution in [0, 0.1) is 19.8 Å². The predicted octanol–water partition coefficient (Wildman–Crippen LogP) is 2.89. The second-order valence-corrected chi connectivity index (χ2v) is 4.86. The first kappa shape index (κ1) is 9.72. The minimum absolute atomic E-state index is 0.0449. The van der Waals surface area contributed by atoms with Crippen molar-refractivity contribution in [1.29, 1.82) is 0 Å². The van der Waals surface area contributed by atoms with Gasteiger partial charge in [0.25, 0.3) is 0 Å². The molecule has 76 valence electrons. The van der Waals surface area contributed by atoms with Crippen LogP contribution in [0.4, 0.5) is 0 Å². The van der Waals surface area contributed by atoms with Crippen molar-refractivity contribution in [2.75, 3.05) is 0 Å². The van der Waals surface area contributed by atoms with Gasteiger partial charge in [-0.25, -0.2) is 0 Å². The topological polar surface area (TPSA) is 26.0 Å². The van der Waals surface area contributed by atoms with E-state index in [9.17, 15) is 0 Å². The van der Waals surface area contributed by atoms with Crippen molar-refractivity contribution in [2.24, 2.45) is 11.7 Å². The molecule has 1 aliphatic carbocycles. The van der Waals surface area contributed by atoms with E-state index in [1.807, 2.05) is 0 Å². The van der Waals surface area contributed by atoms with Crippen molar-refractivity contribution in [1.82, 2.24) is 0 Å². The molecule has 1 heteroatoms. The standard InChI is InChI=1S/C13H19N/c1-9-6-10(2)8-12(7-9)13(14)5-4-11(13)3/h6-8,11H,4-5,14H2,1-3H3. The average molecular weight is 189 g/mol. The molecule has 1 nitrogen and oxygen atoms in total. The quantitative estimate of drug-likeness (QED) is 0.722. The molecule has 0 aliphatic heterocycles. The molecule has 0 saturated heterocycles. The van der Waals surface area contributed by atoms with Crippen molar-refractivity contribution in [3.8, 4) is 0 Å². The lowest BCUT2D eigenvalue weighted by Gasteiger charge is -2.45. The highest BCUT2D eigenvalue weighted by Gasteiger charge is 2.41. The zero-order valence-corrected chi connectivity index (χ0v) is 9.30. The average Bonchev–Trinajstić information content (AvgIpc) is 2.12. The summed E-state index contributed by atoms with van der Waals surface area (Å²) in [5, 5.41) is 0. The van der Waals surface area contributed by atoms with Crippen LogP contribution in [-0.2, 0) is 5.54 Å². The Balaban J connectivity index is 2.41. The van der Waals surface area contributed by atoms with Gasteiger partial charge in [-0.05, 0) is 38.2 Å². The van der Waals surface area contributed by atoms with Crippen molar-refractivity contribution >= 4 is 0 Å². The SMILES string of the molecule is Cc1cc(C)cc(C2(N)CCC2C)c1. The summed E-state index contributed by atoms with van der Waals surface area (Å²) in [5.41, 5.74) is 10.3. The van der Waals surface area contributed by atoms with E-state index in [1.54, 1.807) is 0 Å². The van der Waals surface area contributed by atoms with Gasteiger partial charge in [0.1, 0.15) is 0 Å². The zero-order chi connectivity index (χ0) is 10.3. The molecule has 0 amide bonds. The van der Waals surface area contributed by atoms with E-state index in [2.05, 4.69) is 39.0 Å². The second-order valence-electron chi connectivity index (χ2n) is 4.86. The highest BCUT2D eigenvalue weighted by atomic mass is 14.8. The van der Waals surface area contributed by atoms with E-state index in [0.717, 1.165) is 6.42 Å². The Morgan fingerprint density at radius 2 is 1.79 bits per heavy atom. The van der Waals surface area contributed by atoms with E-state index in [0.29, 0.717) is 5.92 Å². The molecule has 0 heterocycles. The monoisotopic (exact) mass is 189 g/mol. The van der Waals surface area contributed by atoms with E-state index in [1.165, 1.54) is 23.1 Å². The molecule has 2 rings (SSSR count). The largest absolute Gasteiger partial charge is 0.321 e. The Kier molecular flexibility index (Phi) is 2.15. The fourth-order valence-electron chi connectivity index (χ4n) is 2.42. The first-order chi connectivity index (χ1) is 6.52. The lowest BCUT2D eigenvalue weighted by molar-refractivity contribution is 0.145. The molecule has 1 aliphatic rings. The molecular formula is C13H19N. The minimum atomic E-state index is -0.0449. The molecule has 0 bridgehead atoms. The lowest BCUT2D eigenvalue weighted by Crippen LogP contribution is -2.50. The Hall–Kier alpha value is -0.820. The Morgan fingerprint density at radius 3 is 2.14 bits per heavy atom. The molecule has 14 heavy (non-hydrogen) atoms. The molecule has 1 fully saturated rings. The van der Waals surface area contributed by atoms with Gasteiger partial charge < -0.3 is 5.73 Å². The summed E-state index contributed by atoms with van der Waals surface area (Å²) in [4.78, 5) is 0. The molecule has 0 spiro atoms. The van der Waals surface area contributed by atoms with Crippen LogP contribution >= 0.6 is 0 Å². The van der Waals surface area contributed by atoms with Crippen molar-refractivity contribution < 1.29 is 0 Å². The number of rotatable bonds is 1. The summed E-state index contributed by atoms with van der Waals surface area (Å²) >= 11 is 0. The van der Waals surface area contributed by atoms with Gasteiger partial charge in [0.15, 0.2) is 0 Å². The molecular weight excluding hydrogens is 170 g/mol. The summed E-state index contributed by atoms with van der Waals surface area (Å²) < 4.78 is 0. The van der Waals surface area contributed by atoms with Crippen LogP contribution in [0.3, 0.4) is 0 Å². The first-order valence-corrected chi connectivity index (χ1v) is 5.40. The number of hydrogen-bond acceptors (Lipinski definition) is 1. The van der Waals surface area contributed by atoms with Gasteiger partial charge in [0.2, 0.25) is 0 Å². The van der Waals surface area contributed by atoms with Gasteiger partial charge in [-0.1, -0.05) is 36.2 Å². The van der Waals surface area contributed by atoms with Crippen molar-refractivity contribution in [3.63, 3.8) is 0 Å². The summed E-state index contributed by atoms with van der Waals surface area (Å²) in [7, 11) is 0. The normalized spacial score (nSPS) is 31.3. The molecule has 0 aromatic heterocycles. The predicted molar refractivity (Wildman–Crippen MR) is 60.2 cm³/mol. The van der Waals surface area contributed by atoms with Crippen LogP contribution < -0.4 is 5.73 Å². The summed E-state index contributed by atoms with van der Waals surface area (Å²) in [6.07, 6.45) is 2.40. The Morgan fingerprint density at radius 1 is 1.21 bits per heavy atom. The fourth-order valence-corrected chi connectivity index (χ4v) is 2.42. The third-order valence-corrected chi connectivity index (χ3v) is 3.63. The second kappa shape index (κ2) is 3.09.